The lowest BCUT2D eigenvalue weighted by Crippen LogP contribution is -2.41. The second kappa shape index (κ2) is 13.8. The number of hydrogen-bond acceptors (Lipinski definition) is 8. The van der Waals surface area contributed by atoms with Crippen LogP contribution in [-0.2, 0) is 17.3 Å². The number of hydrogen-bond donors (Lipinski definition) is 1. The lowest BCUT2D eigenvalue weighted by Gasteiger charge is -2.35. The molecule has 0 radical (unpaired) electrons. The number of benzene rings is 3. The normalized spacial score (nSPS) is 25.2. The van der Waals surface area contributed by atoms with Gasteiger partial charge in [-0.15, -0.1) is 0 Å². The van der Waals surface area contributed by atoms with E-state index in [0.717, 1.165) is 42.3 Å². The Morgan fingerprint density at radius 2 is 1.72 bits per heavy atom. The Morgan fingerprint density at radius 3 is 2.46 bits per heavy atom. The molecule has 0 spiro atoms. The molecule has 2 unspecified atom stereocenters. The van der Waals surface area contributed by atoms with Crippen molar-refractivity contribution >= 4 is 27.7 Å². The smallest absolute Gasteiger partial charge is 0.376 e. The molecule has 3 aromatic carbocycles. The van der Waals surface area contributed by atoms with Crippen molar-refractivity contribution < 1.29 is 22.8 Å². The highest BCUT2D eigenvalue weighted by atomic mass is 19.1. The predicted molar refractivity (Wildman–Crippen MR) is 242 cm³/mol. The van der Waals surface area contributed by atoms with Crippen LogP contribution in [0, 0.1) is 17.6 Å². The summed E-state index contributed by atoms with van der Waals surface area (Å²) >= 11 is 0. The maximum atomic E-state index is 16.2. The van der Waals surface area contributed by atoms with Crippen LogP contribution < -0.4 is 11.4 Å². The minimum atomic E-state index is -0.851. The van der Waals surface area contributed by atoms with Crippen molar-refractivity contribution in [2.24, 2.45) is 13.0 Å². The SMILES string of the molecule is C[C@H]1c2c(nn(-c3ccc(F)c(C4CC4)c3)c2-n2ccn(-c3ccc4c(cnn4C)c3F)c2=O)C2CC2N1C(=O)c1cc2cc([C@H]3CCOC(C)(C)C3)ccc2n1[C@@]1(c2noc(=O)[nH]2)C[C@@H]1C. The van der Waals surface area contributed by atoms with E-state index in [0.29, 0.717) is 59.1 Å². The zero-order valence-corrected chi connectivity index (χ0v) is 37.7. The number of nitrogens with one attached hydrogen (secondary N) is 1. The highest BCUT2D eigenvalue weighted by Gasteiger charge is 2.60. The highest BCUT2D eigenvalue weighted by Crippen LogP contribution is 2.58. The van der Waals surface area contributed by atoms with Gasteiger partial charge in [0.1, 0.15) is 22.9 Å². The molecular formula is C50H48F2N10O5. The molecule has 6 atom stereocenters. The van der Waals surface area contributed by atoms with Crippen LogP contribution in [0.1, 0.15) is 129 Å². The molecule has 7 heterocycles. The standard InChI is InChI=1S/C50H48F2N10O5/c1-25-22-50(25,46-54-47(64)67-56-46)61-36-11-8-28(29-14-17-66-49(3,4)23-29)18-30(36)19-40(61)45(63)60-26(2)41-43(33-21-39(33)60)55-62(31-9-10-35(51)32(20-31)27-6-7-27)44(41)59-16-15-58(48(59)65)38-13-12-37-34(42(38)52)24-53-57(37)5/h8-13,15-16,18-20,24-27,29,33,39H,6-7,14,17,21-23H2,1-5H3,(H,54,56,64)/t25-,26-,29-,33?,39?,50-/m0/s1. The number of fused-ring (bicyclic) bond motifs is 5. The van der Waals surface area contributed by atoms with E-state index in [4.69, 9.17) is 14.4 Å². The lowest BCUT2D eigenvalue weighted by molar-refractivity contribution is -0.0592. The molecule has 1 saturated heterocycles. The summed E-state index contributed by atoms with van der Waals surface area (Å²) in [7, 11) is 1.73. The maximum absolute atomic E-state index is 16.2. The monoisotopic (exact) mass is 906 g/mol. The van der Waals surface area contributed by atoms with E-state index in [9.17, 15) is 9.59 Å². The first kappa shape index (κ1) is 40.4. The third kappa shape index (κ3) is 5.88. The molecule has 5 aromatic heterocycles. The van der Waals surface area contributed by atoms with E-state index in [-0.39, 0.29) is 58.1 Å². The number of rotatable bonds is 8. The van der Waals surface area contributed by atoms with E-state index in [1.54, 1.807) is 40.8 Å². The van der Waals surface area contributed by atoms with Crippen LogP contribution in [0.25, 0.3) is 39.0 Å². The number of carbonyl (C=O) groups is 1. The molecule has 8 aromatic rings. The van der Waals surface area contributed by atoms with Gasteiger partial charge < -0.3 is 14.2 Å². The van der Waals surface area contributed by atoms with Gasteiger partial charge in [-0.1, -0.05) is 18.1 Å². The first-order valence-corrected chi connectivity index (χ1v) is 23.2. The third-order valence-corrected chi connectivity index (χ3v) is 15.5. The number of carbonyl (C=O) groups excluding carboxylic acids is 1. The summed E-state index contributed by atoms with van der Waals surface area (Å²) in [5, 5.41) is 14.8. The molecule has 342 valence electrons. The fraction of sp³-hybridized carbons (Fsp3) is 0.400. The number of ether oxygens (including phenoxy) is 1. The van der Waals surface area contributed by atoms with Gasteiger partial charge in [-0.05, 0) is 137 Å². The molecule has 2 aliphatic heterocycles. The molecule has 3 saturated carbocycles. The average molecular weight is 907 g/mol. The molecular weight excluding hydrogens is 859 g/mol. The summed E-state index contributed by atoms with van der Waals surface area (Å²) in [6.07, 6.45) is 9.34. The Hall–Kier alpha value is -6.88. The molecule has 0 bridgehead atoms. The molecule has 1 amide bonds. The van der Waals surface area contributed by atoms with Crippen molar-refractivity contribution in [3.8, 4) is 17.2 Å². The molecule has 67 heavy (non-hydrogen) atoms. The quantitative estimate of drug-likeness (QED) is 0.161. The summed E-state index contributed by atoms with van der Waals surface area (Å²) < 4.78 is 50.8. The van der Waals surface area contributed by atoms with Gasteiger partial charge in [-0.25, -0.2) is 23.1 Å². The van der Waals surface area contributed by atoms with Crippen molar-refractivity contribution in [3.05, 3.63) is 140 Å². The first-order valence-electron chi connectivity index (χ1n) is 23.2. The minimum absolute atomic E-state index is 0.00566. The van der Waals surface area contributed by atoms with Crippen molar-refractivity contribution in [1.82, 2.24) is 48.3 Å². The van der Waals surface area contributed by atoms with Crippen LogP contribution in [0.4, 0.5) is 8.78 Å². The van der Waals surface area contributed by atoms with Crippen molar-refractivity contribution in [2.45, 2.75) is 107 Å². The van der Waals surface area contributed by atoms with Gasteiger partial charge >= 0.3 is 11.4 Å². The Morgan fingerprint density at radius 1 is 0.925 bits per heavy atom. The van der Waals surface area contributed by atoms with Crippen LogP contribution in [0.5, 0.6) is 0 Å². The predicted octanol–water partition coefficient (Wildman–Crippen LogP) is 8.02. The maximum Gasteiger partial charge on any atom is 0.438 e. The molecule has 17 heteroatoms. The number of aromatic nitrogens is 9. The van der Waals surface area contributed by atoms with Gasteiger partial charge in [0.2, 0.25) is 0 Å². The number of halogens is 2. The zero-order chi connectivity index (χ0) is 46.0. The number of H-pyrrole nitrogens is 1. The van der Waals surface area contributed by atoms with Gasteiger partial charge in [0, 0.05) is 54.5 Å². The number of nitrogens with zero attached hydrogens (tertiary/aromatic N) is 9. The number of amides is 1. The van der Waals surface area contributed by atoms with Gasteiger partial charge in [-0.2, -0.15) is 10.2 Å². The van der Waals surface area contributed by atoms with Crippen LogP contribution >= 0.6 is 0 Å². The minimum Gasteiger partial charge on any atom is -0.376 e. The topological polar surface area (TPSA) is 156 Å². The number of aryl methyl sites for hydroxylation is 1. The van der Waals surface area contributed by atoms with E-state index in [1.807, 2.05) is 24.0 Å². The second-order valence-corrected chi connectivity index (χ2v) is 20.2. The van der Waals surface area contributed by atoms with Crippen LogP contribution in [-0.4, -0.2) is 72.5 Å². The van der Waals surface area contributed by atoms with Crippen molar-refractivity contribution in [2.75, 3.05) is 6.61 Å². The van der Waals surface area contributed by atoms with Crippen molar-refractivity contribution in [3.63, 3.8) is 0 Å². The third-order valence-electron chi connectivity index (χ3n) is 15.5. The summed E-state index contributed by atoms with van der Waals surface area (Å²) in [6, 6.07) is 15.8. The average Bonchev–Trinajstić information content (AvgIpc) is 4.22. The Balaban J connectivity index is 0.971. The summed E-state index contributed by atoms with van der Waals surface area (Å²) in [6.45, 7) is 8.93. The van der Waals surface area contributed by atoms with Crippen LogP contribution in [0.2, 0.25) is 0 Å². The number of aromatic amines is 1. The second-order valence-electron chi connectivity index (χ2n) is 20.2. The summed E-state index contributed by atoms with van der Waals surface area (Å²) in [4.78, 5) is 47.9. The van der Waals surface area contributed by atoms with Gasteiger partial charge in [0.05, 0.1) is 45.8 Å². The van der Waals surface area contributed by atoms with Crippen molar-refractivity contribution in [1.29, 1.82) is 0 Å². The van der Waals surface area contributed by atoms with Crippen LogP contribution in [0.3, 0.4) is 0 Å². The Labute approximate surface area is 381 Å². The van der Waals surface area contributed by atoms with E-state index in [1.165, 1.54) is 33.2 Å². The number of imidazole rings is 1. The van der Waals surface area contributed by atoms with Gasteiger partial charge in [0.15, 0.2) is 11.6 Å². The Bertz CT molecular complexity index is 3530. The van der Waals surface area contributed by atoms with Crippen LogP contribution in [0.15, 0.2) is 87.3 Å². The summed E-state index contributed by atoms with van der Waals surface area (Å²) in [5.74, 6) is -0.781. The lowest BCUT2D eigenvalue weighted by atomic mass is 9.83. The molecule has 4 fully saturated rings. The molecule has 13 rings (SSSR count). The fourth-order valence-corrected chi connectivity index (χ4v) is 11.8. The van der Waals surface area contributed by atoms with E-state index in [2.05, 4.69) is 58.8 Å². The van der Waals surface area contributed by atoms with Gasteiger partial charge in [-0.3, -0.25) is 28.1 Å². The fourth-order valence-electron chi connectivity index (χ4n) is 11.8. The summed E-state index contributed by atoms with van der Waals surface area (Å²) in [5.41, 5.74) is 4.04. The molecule has 5 aliphatic rings. The molecule has 15 nitrogen and oxygen atoms in total. The largest absolute Gasteiger partial charge is 0.438 e. The zero-order valence-electron chi connectivity index (χ0n) is 37.7. The molecule has 3 aliphatic carbocycles. The first-order chi connectivity index (χ1) is 32.2. The van der Waals surface area contributed by atoms with E-state index < -0.39 is 28.8 Å². The highest BCUT2D eigenvalue weighted by molar-refractivity contribution is 6.00. The van der Waals surface area contributed by atoms with Gasteiger partial charge in [0.25, 0.3) is 5.91 Å². The molecule has 1 N–H and O–H groups in total. The Kier molecular flexibility index (Phi) is 8.35. The van der Waals surface area contributed by atoms with E-state index >= 15 is 13.6 Å².